The molecule has 10 aromatic rings. The van der Waals surface area contributed by atoms with Crippen LogP contribution in [0.25, 0.3) is 55.6 Å². The minimum absolute atomic E-state index is 0.503. The molecule has 1 aliphatic carbocycles. The smallest absolute Gasteiger partial charge is 0.0714 e. The van der Waals surface area contributed by atoms with E-state index in [2.05, 4.69) is 266 Å². The Morgan fingerprint density at radius 1 is 0.258 bits per heavy atom. The van der Waals surface area contributed by atoms with Gasteiger partial charge in [0, 0.05) is 16.9 Å². The van der Waals surface area contributed by atoms with Crippen LogP contribution < -0.4 is 4.90 Å². The van der Waals surface area contributed by atoms with Crippen molar-refractivity contribution in [2.45, 2.75) is 5.41 Å². The lowest BCUT2D eigenvalue weighted by molar-refractivity contribution is 0.768. The number of hydrogen-bond acceptors (Lipinski definition) is 1. The Morgan fingerprint density at radius 2 is 0.613 bits per heavy atom. The van der Waals surface area contributed by atoms with Crippen molar-refractivity contribution in [3.63, 3.8) is 0 Å². The summed E-state index contributed by atoms with van der Waals surface area (Å²) in [6.07, 6.45) is 0. The average Bonchev–Trinajstić information content (AvgIpc) is 3.67. The molecule has 0 bridgehead atoms. The van der Waals surface area contributed by atoms with Crippen LogP contribution in [0.1, 0.15) is 22.3 Å². The fourth-order valence-corrected chi connectivity index (χ4v) is 9.71. The monoisotopic (exact) mass is 789 g/mol. The van der Waals surface area contributed by atoms with Crippen LogP contribution in [0.2, 0.25) is 0 Å². The minimum atomic E-state index is -0.503. The topological polar surface area (TPSA) is 3.24 Å². The van der Waals surface area contributed by atoms with Crippen molar-refractivity contribution in [2.24, 2.45) is 0 Å². The van der Waals surface area contributed by atoms with Gasteiger partial charge < -0.3 is 4.90 Å². The van der Waals surface area contributed by atoms with Crippen LogP contribution in [0.4, 0.5) is 17.1 Å². The van der Waals surface area contributed by atoms with Gasteiger partial charge in [0.05, 0.1) is 11.1 Å². The first-order valence-electron chi connectivity index (χ1n) is 21.4. The van der Waals surface area contributed by atoms with E-state index in [4.69, 9.17) is 0 Å². The highest BCUT2D eigenvalue weighted by Crippen LogP contribution is 2.59. The highest BCUT2D eigenvalue weighted by Gasteiger charge is 2.47. The van der Waals surface area contributed by atoms with E-state index < -0.39 is 5.41 Å². The van der Waals surface area contributed by atoms with E-state index in [9.17, 15) is 0 Å². The molecule has 0 heterocycles. The van der Waals surface area contributed by atoms with Gasteiger partial charge in [-0.1, -0.05) is 212 Å². The molecule has 0 saturated carbocycles. The number of fused-ring (bicyclic) bond motifs is 3. The molecule has 1 aliphatic rings. The van der Waals surface area contributed by atoms with Crippen LogP contribution in [-0.4, -0.2) is 0 Å². The lowest BCUT2D eigenvalue weighted by Crippen LogP contribution is -2.28. The fraction of sp³-hybridized carbons (Fsp3) is 0.0164. The van der Waals surface area contributed by atoms with E-state index in [-0.39, 0.29) is 0 Å². The maximum atomic E-state index is 2.45. The molecular weight excluding hydrogens is 747 g/mol. The lowest BCUT2D eigenvalue weighted by Gasteiger charge is -2.34. The third-order valence-electron chi connectivity index (χ3n) is 12.5. The Hall–Kier alpha value is -8.00. The Morgan fingerprint density at radius 3 is 1.08 bits per heavy atom. The summed E-state index contributed by atoms with van der Waals surface area (Å²) in [4.78, 5) is 2.45. The molecule has 0 amide bonds. The predicted molar refractivity (Wildman–Crippen MR) is 260 cm³/mol. The second-order valence-corrected chi connectivity index (χ2v) is 16.1. The maximum absolute atomic E-state index is 2.45. The first-order valence-corrected chi connectivity index (χ1v) is 21.4. The van der Waals surface area contributed by atoms with Crippen molar-refractivity contribution in [2.75, 3.05) is 4.90 Å². The van der Waals surface area contributed by atoms with Crippen molar-refractivity contribution < 1.29 is 0 Å². The molecule has 62 heavy (non-hydrogen) atoms. The molecule has 10 aromatic carbocycles. The number of rotatable bonds is 9. The summed E-state index contributed by atoms with van der Waals surface area (Å²) in [5.74, 6) is 0. The second kappa shape index (κ2) is 15.9. The molecule has 0 aromatic heterocycles. The van der Waals surface area contributed by atoms with Crippen molar-refractivity contribution in [1.29, 1.82) is 0 Å². The molecule has 0 N–H and O–H groups in total. The summed E-state index contributed by atoms with van der Waals surface area (Å²) in [7, 11) is 0. The zero-order valence-electron chi connectivity index (χ0n) is 34.3. The van der Waals surface area contributed by atoms with E-state index in [1.807, 2.05) is 0 Å². The van der Waals surface area contributed by atoms with Gasteiger partial charge in [-0.2, -0.15) is 0 Å². The van der Waals surface area contributed by atoms with E-state index >= 15 is 0 Å². The highest BCUT2D eigenvalue weighted by atomic mass is 15.1. The van der Waals surface area contributed by atoms with Crippen LogP contribution >= 0.6 is 0 Å². The molecular formula is C61H43N. The molecule has 1 heteroatoms. The van der Waals surface area contributed by atoms with Crippen molar-refractivity contribution in [3.8, 4) is 55.6 Å². The van der Waals surface area contributed by atoms with Crippen molar-refractivity contribution in [3.05, 3.63) is 283 Å². The SMILES string of the molecule is c1ccc(-c2ccc(N(c3ccc(-c4cc(-c5ccccc5)cc(-c5ccccc5)c4)cc3)c3cccc4c3-c3ccccc3C4(c3ccccc3)c3ccccc3)cc2)cc1. The molecule has 0 fully saturated rings. The first-order chi connectivity index (χ1) is 30.8. The zero-order chi connectivity index (χ0) is 41.3. The summed E-state index contributed by atoms with van der Waals surface area (Å²) >= 11 is 0. The van der Waals surface area contributed by atoms with Crippen LogP contribution in [0.5, 0.6) is 0 Å². The molecule has 0 radical (unpaired) electrons. The van der Waals surface area contributed by atoms with Crippen LogP contribution in [-0.2, 0) is 5.41 Å². The summed E-state index contributed by atoms with van der Waals surface area (Å²) in [5.41, 5.74) is 19.9. The van der Waals surface area contributed by atoms with E-state index in [0.29, 0.717) is 0 Å². The Balaban J connectivity index is 1.10. The minimum Gasteiger partial charge on any atom is -0.310 e. The molecule has 0 atom stereocenters. The number of anilines is 3. The zero-order valence-corrected chi connectivity index (χ0v) is 34.3. The lowest BCUT2D eigenvalue weighted by atomic mass is 9.68. The molecule has 0 spiro atoms. The fourth-order valence-electron chi connectivity index (χ4n) is 9.71. The Kier molecular flexibility index (Phi) is 9.48. The molecule has 1 nitrogen and oxygen atoms in total. The number of nitrogens with zero attached hydrogens (tertiary/aromatic N) is 1. The molecule has 0 saturated heterocycles. The molecule has 11 rings (SSSR count). The van der Waals surface area contributed by atoms with Gasteiger partial charge in [-0.15, -0.1) is 0 Å². The summed E-state index contributed by atoms with van der Waals surface area (Å²) in [5, 5.41) is 0. The summed E-state index contributed by atoms with van der Waals surface area (Å²) in [6.45, 7) is 0. The third kappa shape index (κ3) is 6.43. The standard InChI is InChI=1S/C61H43N/c1-6-19-44(20-7-1)47-33-37-54(38-34-47)62(55-39-35-48(36-40-55)51-42-49(45-21-8-2-9-22-45)41-50(43-51)46-23-10-3-11-24-46)59-32-18-31-58-60(59)56-29-16-17-30-57(56)61(58,52-25-12-4-13-26-52)53-27-14-5-15-28-53/h1-43H. The molecule has 0 unspecified atom stereocenters. The van der Waals surface area contributed by atoms with Gasteiger partial charge in [0.1, 0.15) is 0 Å². The quantitative estimate of drug-likeness (QED) is 0.141. The van der Waals surface area contributed by atoms with E-state index in [0.717, 1.165) is 17.1 Å². The maximum Gasteiger partial charge on any atom is 0.0714 e. The summed E-state index contributed by atoms with van der Waals surface area (Å²) < 4.78 is 0. The van der Waals surface area contributed by atoms with Crippen LogP contribution in [0, 0.1) is 0 Å². The van der Waals surface area contributed by atoms with Gasteiger partial charge in [0.2, 0.25) is 0 Å². The van der Waals surface area contributed by atoms with E-state index in [1.165, 1.54) is 77.9 Å². The van der Waals surface area contributed by atoms with Crippen molar-refractivity contribution in [1.82, 2.24) is 0 Å². The van der Waals surface area contributed by atoms with Crippen LogP contribution in [0.15, 0.2) is 261 Å². The van der Waals surface area contributed by atoms with Gasteiger partial charge >= 0.3 is 0 Å². The van der Waals surface area contributed by atoms with Gasteiger partial charge in [0.25, 0.3) is 0 Å². The highest BCUT2D eigenvalue weighted by molar-refractivity contribution is 5.97. The van der Waals surface area contributed by atoms with Gasteiger partial charge in [-0.05, 0) is 121 Å². The number of benzene rings is 10. The Bertz CT molecular complexity index is 3020. The number of hydrogen-bond donors (Lipinski definition) is 0. The van der Waals surface area contributed by atoms with Gasteiger partial charge in [-0.3, -0.25) is 0 Å². The average molecular weight is 790 g/mol. The van der Waals surface area contributed by atoms with Crippen LogP contribution in [0.3, 0.4) is 0 Å². The molecule has 0 aliphatic heterocycles. The Labute approximate surface area is 364 Å². The normalized spacial score (nSPS) is 12.3. The molecule has 292 valence electrons. The predicted octanol–water partition coefficient (Wildman–Crippen LogP) is 16.2. The van der Waals surface area contributed by atoms with Gasteiger partial charge in [0.15, 0.2) is 0 Å². The summed E-state index contributed by atoms with van der Waals surface area (Å²) in [6, 6.07) is 95.2. The van der Waals surface area contributed by atoms with Crippen molar-refractivity contribution >= 4 is 17.1 Å². The van der Waals surface area contributed by atoms with E-state index in [1.54, 1.807) is 0 Å². The third-order valence-corrected chi connectivity index (χ3v) is 12.5. The second-order valence-electron chi connectivity index (χ2n) is 16.1. The largest absolute Gasteiger partial charge is 0.310 e. The first kappa shape index (κ1) is 37.0. The van der Waals surface area contributed by atoms with Gasteiger partial charge in [-0.25, -0.2) is 0 Å².